The van der Waals surface area contributed by atoms with E-state index in [0.29, 0.717) is 18.7 Å². The quantitative estimate of drug-likeness (QED) is 0.480. The van der Waals surface area contributed by atoms with E-state index in [2.05, 4.69) is 5.32 Å². The molecule has 1 aliphatic heterocycles. The lowest BCUT2D eigenvalue weighted by molar-refractivity contribution is -0.117. The highest BCUT2D eigenvalue weighted by molar-refractivity contribution is 7.92. The minimum atomic E-state index is -4.07. The molecule has 2 amide bonds. The molecule has 176 valence electrons. The zero-order valence-electron chi connectivity index (χ0n) is 17.9. The second-order valence-electron chi connectivity index (χ2n) is 7.67. The van der Waals surface area contributed by atoms with Gasteiger partial charge in [0, 0.05) is 24.3 Å². The topological polar surface area (TPSA) is 86.8 Å². The minimum Gasteiger partial charge on any atom is -0.325 e. The van der Waals surface area contributed by atoms with Gasteiger partial charge in [0.2, 0.25) is 11.8 Å². The number of nitrogens with one attached hydrogen (secondary N) is 1. The molecule has 4 rings (SSSR count). The summed E-state index contributed by atoms with van der Waals surface area (Å²) in [5.74, 6) is -0.476. The highest BCUT2D eigenvalue weighted by Gasteiger charge is 2.28. The van der Waals surface area contributed by atoms with Gasteiger partial charge < -0.3 is 10.2 Å². The molecule has 0 radical (unpaired) electrons. The summed E-state index contributed by atoms with van der Waals surface area (Å²) in [6.45, 7) is 0.183. The fraction of sp³-hybridized carbons (Fsp3) is 0.167. The van der Waals surface area contributed by atoms with Gasteiger partial charge in [-0.05, 0) is 61.0 Å². The Bertz CT molecular complexity index is 1320. The molecule has 1 saturated heterocycles. The van der Waals surface area contributed by atoms with Crippen LogP contribution in [0, 0.1) is 0 Å². The van der Waals surface area contributed by atoms with Crippen molar-refractivity contribution in [1.82, 2.24) is 0 Å². The van der Waals surface area contributed by atoms with Crippen LogP contribution in [0.2, 0.25) is 10.0 Å². The van der Waals surface area contributed by atoms with Crippen LogP contribution in [0.25, 0.3) is 0 Å². The number of hydrogen-bond donors (Lipinski definition) is 1. The predicted octanol–water partition coefficient (Wildman–Crippen LogP) is 4.95. The van der Waals surface area contributed by atoms with Gasteiger partial charge in [-0.2, -0.15) is 0 Å². The Morgan fingerprint density at radius 1 is 0.971 bits per heavy atom. The van der Waals surface area contributed by atoms with Crippen LogP contribution in [0.5, 0.6) is 0 Å². The van der Waals surface area contributed by atoms with Crippen molar-refractivity contribution in [2.45, 2.75) is 17.7 Å². The van der Waals surface area contributed by atoms with Gasteiger partial charge in [-0.15, -0.1) is 0 Å². The molecule has 3 aromatic carbocycles. The van der Waals surface area contributed by atoms with Crippen LogP contribution in [-0.2, 0) is 19.6 Å². The number of rotatable bonds is 7. The number of halogens is 2. The van der Waals surface area contributed by atoms with E-state index in [4.69, 9.17) is 23.2 Å². The number of anilines is 3. The third kappa shape index (κ3) is 5.19. The van der Waals surface area contributed by atoms with Crippen LogP contribution in [0.4, 0.5) is 17.1 Å². The highest BCUT2D eigenvalue weighted by atomic mass is 35.5. The monoisotopic (exact) mass is 517 g/mol. The maximum absolute atomic E-state index is 13.4. The molecule has 0 aliphatic carbocycles. The molecule has 7 nitrogen and oxygen atoms in total. The van der Waals surface area contributed by atoms with Gasteiger partial charge in [0.15, 0.2) is 0 Å². The van der Waals surface area contributed by atoms with Crippen molar-refractivity contribution in [1.29, 1.82) is 0 Å². The summed E-state index contributed by atoms with van der Waals surface area (Å²) in [6.07, 6.45) is 1.34. The Balaban J connectivity index is 1.57. The van der Waals surface area contributed by atoms with Crippen LogP contribution < -0.4 is 14.5 Å². The van der Waals surface area contributed by atoms with Crippen molar-refractivity contribution < 1.29 is 18.0 Å². The largest absolute Gasteiger partial charge is 0.325 e. The number of carbonyl (C=O) groups is 2. The average molecular weight is 518 g/mol. The third-order valence-corrected chi connectivity index (χ3v) is 7.87. The summed E-state index contributed by atoms with van der Waals surface area (Å²) < 4.78 is 27.7. The van der Waals surface area contributed by atoms with Crippen molar-refractivity contribution in [2.24, 2.45) is 0 Å². The van der Waals surface area contributed by atoms with Gasteiger partial charge in [0.25, 0.3) is 10.0 Å². The summed E-state index contributed by atoms with van der Waals surface area (Å²) >= 11 is 12.1. The Morgan fingerprint density at radius 2 is 1.68 bits per heavy atom. The molecule has 1 N–H and O–H groups in total. The SMILES string of the molecule is O=C(CN(c1ccc(Cl)c(Cl)c1)S(=O)(=O)c1ccccc1)Nc1ccc(N2CCCC2=O)cc1. The lowest BCUT2D eigenvalue weighted by Gasteiger charge is -2.24. The summed E-state index contributed by atoms with van der Waals surface area (Å²) in [7, 11) is -4.07. The third-order valence-electron chi connectivity index (χ3n) is 5.35. The van der Waals surface area contributed by atoms with Crippen LogP contribution in [0.3, 0.4) is 0 Å². The number of sulfonamides is 1. The standard InChI is InChI=1S/C24H21Cl2N3O4S/c25-21-13-12-19(15-22(21)26)29(34(32,33)20-5-2-1-3-6-20)16-23(30)27-17-8-10-18(11-9-17)28-14-4-7-24(28)31/h1-3,5-6,8-13,15H,4,7,14,16H2,(H,27,30). The van der Waals surface area contributed by atoms with E-state index in [9.17, 15) is 18.0 Å². The van der Waals surface area contributed by atoms with Gasteiger partial charge >= 0.3 is 0 Å². The summed E-state index contributed by atoms with van der Waals surface area (Å²) in [5, 5.41) is 3.15. The number of nitrogens with zero attached hydrogens (tertiary/aromatic N) is 2. The van der Waals surface area contributed by atoms with E-state index in [1.54, 1.807) is 47.4 Å². The molecule has 1 heterocycles. The summed E-state index contributed by atoms with van der Waals surface area (Å²) in [5.41, 5.74) is 1.44. The van der Waals surface area contributed by atoms with Gasteiger partial charge in [0.1, 0.15) is 6.54 Å². The second-order valence-corrected chi connectivity index (χ2v) is 10.3. The molecule has 0 saturated carbocycles. The van der Waals surface area contributed by atoms with Crippen molar-refractivity contribution in [2.75, 3.05) is 27.6 Å². The van der Waals surface area contributed by atoms with Crippen LogP contribution in [0.1, 0.15) is 12.8 Å². The lowest BCUT2D eigenvalue weighted by atomic mass is 10.2. The Labute approximate surface area is 207 Å². The fourth-order valence-corrected chi connectivity index (χ4v) is 5.38. The first-order valence-electron chi connectivity index (χ1n) is 10.5. The maximum Gasteiger partial charge on any atom is 0.264 e. The zero-order valence-corrected chi connectivity index (χ0v) is 20.3. The van der Waals surface area contributed by atoms with E-state index in [-0.39, 0.29) is 26.5 Å². The molecule has 1 aliphatic rings. The first-order chi connectivity index (χ1) is 16.3. The van der Waals surface area contributed by atoms with Crippen molar-refractivity contribution >= 4 is 62.1 Å². The second kappa shape index (κ2) is 10.0. The van der Waals surface area contributed by atoms with Crippen LogP contribution >= 0.6 is 23.2 Å². The Hall–Kier alpha value is -3.07. The fourth-order valence-electron chi connectivity index (χ4n) is 3.65. The average Bonchev–Trinajstić information content (AvgIpc) is 3.26. The molecule has 0 aromatic heterocycles. The van der Waals surface area contributed by atoms with Gasteiger partial charge in [-0.1, -0.05) is 41.4 Å². The molecular weight excluding hydrogens is 497 g/mol. The van der Waals surface area contributed by atoms with Crippen molar-refractivity contribution in [3.63, 3.8) is 0 Å². The van der Waals surface area contributed by atoms with E-state index in [0.717, 1.165) is 16.4 Å². The van der Waals surface area contributed by atoms with Crippen molar-refractivity contribution in [3.05, 3.63) is 82.8 Å². The van der Waals surface area contributed by atoms with Crippen molar-refractivity contribution in [3.8, 4) is 0 Å². The molecule has 0 atom stereocenters. The molecule has 0 unspecified atom stereocenters. The zero-order chi connectivity index (χ0) is 24.3. The normalized spacial score (nSPS) is 13.7. The van der Waals surface area contributed by atoms with E-state index in [1.807, 2.05) is 0 Å². The highest BCUT2D eigenvalue weighted by Crippen LogP contribution is 2.30. The molecule has 3 aromatic rings. The summed E-state index contributed by atoms with van der Waals surface area (Å²) in [4.78, 5) is 26.5. The van der Waals surface area contributed by atoms with E-state index in [1.165, 1.54) is 30.3 Å². The number of amides is 2. The van der Waals surface area contributed by atoms with Crippen LogP contribution in [0.15, 0.2) is 77.7 Å². The minimum absolute atomic E-state index is 0.0357. The molecule has 1 fully saturated rings. The maximum atomic E-state index is 13.4. The smallest absolute Gasteiger partial charge is 0.264 e. The van der Waals surface area contributed by atoms with Gasteiger partial charge in [-0.3, -0.25) is 13.9 Å². The Kier molecular flexibility index (Phi) is 7.11. The van der Waals surface area contributed by atoms with Crippen LogP contribution in [-0.4, -0.2) is 33.3 Å². The van der Waals surface area contributed by atoms with Gasteiger partial charge in [-0.25, -0.2) is 8.42 Å². The predicted molar refractivity (Wildman–Crippen MR) is 134 cm³/mol. The molecular formula is C24H21Cl2N3O4S. The number of carbonyl (C=O) groups excluding carboxylic acids is 2. The first kappa shape index (κ1) is 24.1. The molecule has 34 heavy (non-hydrogen) atoms. The van der Waals surface area contributed by atoms with Gasteiger partial charge in [0.05, 0.1) is 20.6 Å². The first-order valence-corrected chi connectivity index (χ1v) is 12.7. The lowest BCUT2D eigenvalue weighted by Crippen LogP contribution is -2.38. The molecule has 0 bridgehead atoms. The van der Waals surface area contributed by atoms with E-state index < -0.39 is 22.5 Å². The summed E-state index contributed by atoms with van der Waals surface area (Å²) in [6, 6.07) is 19.0. The van der Waals surface area contributed by atoms with E-state index >= 15 is 0 Å². The molecule has 0 spiro atoms. The number of hydrogen-bond acceptors (Lipinski definition) is 4. The Morgan fingerprint density at radius 3 is 2.29 bits per heavy atom. The molecule has 10 heteroatoms. The number of benzene rings is 3.